The summed E-state index contributed by atoms with van der Waals surface area (Å²) in [5, 5.41) is 15.3. The topological polar surface area (TPSA) is 103 Å². The van der Waals surface area contributed by atoms with Gasteiger partial charge in [-0.2, -0.15) is 0 Å². The number of aliphatic carboxylic acids is 1. The van der Waals surface area contributed by atoms with Crippen LogP contribution < -0.4 is 9.47 Å². The quantitative estimate of drug-likeness (QED) is 0.143. The Kier molecular flexibility index (Phi) is 8.96. The fraction of sp³-hybridized carbons (Fsp3) is 0.200. The lowest BCUT2D eigenvalue weighted by Crippen LogP contribution is -2.33. The molecule has 0 spiro atoms. The van der Waals surface area contributed by atoms with E-state index in [1.54, 1.807) is 0 Å². The average molecular weight is 638 g/mol. The molecule has 2 aromatic heterocycles. The van der Waals surface area contributed by atoms with Gasteiger partial charge in [0.25, 0.3) is 0 Å². The molecule has 0 atom stereocenters. The van der Waals surface area contributed by atoms with Crippen LogP contribution in [-0.4, -0.2) is 33.4 Å². The predicted molar refractivity (Wildman–Crippen MR) is 185 cm³/mol. The van der Waals surface area contributed by atoms with Gasteiger partial charge in [-0.05, 0) is 85.3 Å². The largest absolute Gasteiger partial charge is 0.487 e. The van der Waals surface area contributed by atoms with Crippen LogP contribution in [0.5, 0.6) is 11.5 Å². The van der Waals surface area contributed by atoms with E-state index < -0.39 is 12.6 Å². The average Bonchev–Trinajstić information content (AvgIpc) is 3.13. The molecule has 2 heterocycles. The Morgan fingerprint density at radius 2 is 1.12 bits per heavy atom. The second-order valence-corrected chi connectivity index (χ2v) is 12.0. The maximum Gasteiger partial charge on any atom is 0.344 e. The first kappa shape index (κ1) is 30.9. The molecule has 1 aliphatic carbocycles. The van der Waals surface area contributed by atoms with Crippen molar-refractivity contribution in [1.29, 1.82) is 0 Å². The zero-order valence-corrected chi connectivity index (χ0v) is 26.4. The number of rotatable bonds is 11. The summed E-state index contributed by atoms with van der Waals surface area (Å²) in [4.78, 5) is 25.4. The molecule has 7 rings (SSSR count). The van der Waals surface area contributed by atoms with E-state index in [4.69, 9.17) is 29.4 Å². The minimum absolute atomic E-state index is 0.275. The van der Waals surface area contributed by atoms with Crippen molar-refractivity contribution in [3.8, 4) is 11.5 Å². The van der Waals surface area contributed by atoms with Gasteiger partial charge in [-0.3, -0.25) is 0 Å². The number of pyridine rings is 2. The maximum absolute atomic E-state index is 10.9. The van der Waals surface area contributed by atoms with Crippen LogP contribution in [0.1, 0.15) is 48.2 Å². The molecule has 1 aliphatic rings. The van der Waals surface area contributed by atoms with E-state index in [1.807, 2.05) is 72.8 Å². The van der Waals surface area contributed by atoms with Gasteiger partial charge < -0.3 is 19.4 Å². The number of carboxylic acids is 1. The first-order chi connectivity index (χ1) is 23.5. The molecule has 240 valence electrons. The van der Waals surface area contributed by atoms with Gasteiger partial charge in [-0.15, -0.1) is 0 Å². The number of nitrogens with zero attached hydrogens (tertiary/aromatic N) is 3. The molecule has 0 radical (unpaired) electrons. The third kappa shape index (κ3) is 6.98. The van der Waals surface area contributed by atoms with E-state index in [0.717, 1.165) is 63.2 Å². The van der Waals surface area contributed by atoms with Crippen molar-refractivity contribution in [1.82, 2.24) is 9.97 Å². The lowest BCUT2D eigenvalue weighted by atomic mass is 9.65. The second kappa shape index (κ2) is 13.9. The Hall–Kier alpha value is -5.76. The highest BCUT2D eigenvalue weighted by Gasteiger charge is 2.37. The SMILES string of the molecule is O=C(O)CON=C1CCC(c2ccc(OCc3ccc4ccccc4n3)cc2)(c2ccc(OCc3ccc4ccccc4n3)cc2)CC1. The molecule has 1 N–H and O–H groups in total. The standard InChI is InChI=1S/C40H35N3O5/c44-39(45)27-48-43-32-21-23-40(24-22-32,30-11-17-35(18-12-30)46-25-33-15-9-28-5-1-3-7-37(28)41-33)31-13-19-36(20-14-31)47-26-34-16-10-29-6-2-4-8-38(29)42-34/h1-20H,21-27H2,(H,44,45). The Morgan fingerprint density at radius 1 is 0.646 bits per heavy atom. The number of oxime groups is 1. The lowest BCUT2D eigenvalue weighted by molar-refractivity contribution is -0.142. The zero-order chi connectivity index (χ0) is 32.8. The molecule has 1 fully saturated rings. The van der Waals surface area contributed by atoms with Crippen LogP contribution in [0.3, 0.4) is 0 Å². The van der Waals surface area contributed by atoms with Crippen LogP contribution >= 0.6 is 0 Å². The monoisotopic (exact) mass is 637 g/mol. The van der Waals surface area contributed by atoms with Crippen molar-refractivity contribution in [2.45, 2.75) is 44.3 Å². The zero-order valence-electron chi connectivity index (χ0n) is 26.4. The Labute approximate surface area is 278 Å². The van der Waals surface area contributed by atoms with Gasteiger partial charge in [-0.25, -0.2) is 14.8 Å². The van der Waals surface area contributed by atoms with Gasteiger partial charge in [0.1, 0.15) is 24.7 Å². The van der Waals surface area contributed by atoms with Gasteiger partial charge in [0.15, 0.2) is 0 Å². The molecule has 0 unspecified atom stereocenters. The molecule has 48 heavy (non-hydrogen) atoms. The first-order valence-corrected chi connectivity index (χ1v) is 16.1. The highest BCUT2D eigenvalue weighted by atomic mass is 16.6. The molecule has 6 aromatic rings. The highest BCUT2D eigenvalue weighted by Crippen LogP contribution is 2.45. The molecule has 0 aliphatic heterocycles. The lowest BCUT2D eigenvalue weighted by Gasteiger charge is -2.39. The second-order valence-electron chi connectivity index (χ2n) is 12.0. The third-order valence-corrected chi connectivity index (χ3v) is 8.96. The summed E-state index contributed by atoms with van der Waals surface area (Å²) < 4.78 is 12.3. The Balaban J connectivity index is 1.08. The number of ether oxygens (including phenoxy) is 2. The maximum atomic E-state index is 10.9. The first-order valence-electron chi connectivity index (χ1n) is 16.1. The fourth-order valence-electron chi connectivity index (χ4n) is 6.41. The van der Waals surface area contributed by atoms with Crippen LogP contribution in [0.25, 0.3) is 21.8 Å². The Morgan fingerprint density at radius 3 is 1.60 bits per heavy atom. The molecule has 4 aromatic carbocycles. The van der Waals surface area contributed by atoms with Crippen LogP contribution in [0.15, 0.2) is 126 Å². The summed E-state index contributed by atoms with van der Waals surface area (Å²) in [7, 11) is 0. The summed E-state index contributed by atoms with van der Waals surface area (Å²) in [6.45, 7) is 0.310. The van der Waals surface area contributed by atoms with Gasteiger partial charge in [0.2, 0.25) is 6.61 Å². The molecule has 8 nitrogen and oxygen atoms in total. The van der Waals surface area contributed by atoms with Crippen LogP contribution in [0.4, 0.5) is 0 Å². The summed E-state index contributed by atoms with van der Waals surface area (Å²) in [6, 6.07) is 40.9. The molecule has 8 heteroatoms. The van der Waals surface area contributed by atoms with Crippen molar-refractivity contribution in [2.75, 3.05) is 6.61 Å². The van der Waals surface area contributed by atoms with E-state index in [-0.39, 0.29) is 5.41 Å². The van der Waals surface area contributed by atoms with Gasteiger partial charge in [0, 0.05) is 16.2 Å². The number of para-hydroxylation sites is 2. The van der Waals surface area contributed by atoms with Crippen molar-refractivity contribution < 1.29 is 24.2 Å². The highest BCUT2D eigenvalue weighted by molar-refractivity contribution is 5.85. The van der Waals surface area contributed by atoms with Crippen LogP contribution in [0, 0.1) is 0 Å². The molecule has 0 saturated heterocycles. The molecule has 0 amide bonds. The van der Waals surface area contributed by atoms with E-state index >= 15 is 0 Å². The van der Waals surface area contributed by atoms with Gasteiger partial charge in [0.05, 0.1) is 28.1 Å². The van der Waals surface area contributed by atoms with Crippen molar-refractivity contribution in [3.05, 3.63) is 144 Å². The summed E-state index contributed by atoms with van der Waals surface area (Å²) in [5.74, 6) is 0.506. The van der Waals surface area contributed by atoms with E-state index in [1.165, 1.54) is 11.1 Å². The van der Waals surface area contributed by atoms with Crippen LogP contribution in [-0.2, 0) is 28.3 Å². The van der Waals surface area contributed by atoms with E-state index in [0.29, 0.717) is 26.1 Å². The van der Waals surface area contributed by atoms with E-state index in [9.17, 15) is 4.79 Å². The smallest absolute Gasteiger partial charge is 0.344 e. The molecular weight excluding hydrogens is 602 g/mol. The number of hydrogen-bond donors (Lipinski definition) is 1. The third-order valence-electron chi connectivity index (χ3n) is 8.96. The minimum atomic E-state index is -1.04. The number of carboxylic acid groups (broad SMARTS) is 1. The summed E-state index contributed by atoms with van der Waals surface area (Å²) in [6.07, 6.45) is 2.98. The van der Waals surface area contributed by atoms with Crippen molar-refractivity contribution in [2.24, 2.45) is 5.16 Å². The van der Waals surface area contributed by atoms with Gasteiger partial charge >= 0.3 is 5.97 Å². The number of benzene rings is 4. The number of aromatic nitrogens is 2. The predicted octanol–water partition coefficient (Wildman–Crippen LogP) is 8.26. The number of carbonyl (C=O) groups is 1. The van der Waals surface area contributed by atoms with Crippen molar-refractivity contribution >= 4 is 33.5 Å². The van der Waals surface area contributed by atoms with Crippen molar-refractivity contribution in [3.63, 3.8) is 0 Å². The summed E-state index contributed by atoms with van der Waals surface area (Å²) >= 11 is 0. The Bertz CT molecular complexity index is 1940. The normalized spacial score (nSPS) is 14.0. The number of fused-ring (bicyclic) bond motifs is 2. The summed E-state index contributed by atoms with van der Waals surface area (Å²) in [5.41, 5.74) is 6.60. The minimum Gasteiger partial charge on any atom is -0.487 e. The van der Waals surface area contributed by atoms with E-state index in [2.05, 4.69) is 53.7 Å². The number of hydrogen-bond acceptors (Lipinski definition) is 7. The molecular formula is C40H35N3O5. The molecule has 1 saturated carbocycles. The van der Waals surface area contributed by atoms with Gasteiger partial charge in [-0.1, -0.05) is 78.0 Å². The fourth-order valence-corrected chi connectivity index (χ4v) is 6.41. The molecule has 0 bridgehead atoms. The van der Waals surface area contributed by atoms with Crippen LogP contribution in [0.2, 0.25) is 0 Å².